The lowest BCUT2D eigenvalue weighted by molar-refractivity contribution is 0.0164. The summed E-state index contributed by atoms with van der Waals surface area (Å²) in [5.74, 6) is 6.30. The number of fused-ring (bicyclic) bond motifs is 1. The van der Waals surface area contributed by atoms with Gasteiger partial charge < -0.3 is 26.2 Å². The fourth-order valence-corrected chi connectivity index (χ4v) is 4.10. The molecule has 8 heteroatoms. The van der Waals surface area contributed by atoms with Crippen molar-refractivity contribution in [1.29, 1.82) is 5.41 Å². The van der Waals surface area contributed by atoms with Crippen LogP contribution < -0.4 is 11.2 Å². The van der Waals surface area contributed by atoms with Crippen LogP contribution in [0.4, 0.5) is 5.82 Å². The van der Waals surface area contributed by atoms with Crippen molar-refractivity contribution < 1.29 is 9.53 Å². The van der Waals surface area contributed by atoms with E-state index >= 15 is 0 Å². The molecule has 2 heterocycles. The van der Waals surface area contributed by atoms with E-state index in [-0.39, 0.29) is 5.91 Å². The van der Waals surface area contributed by atoms with Crippen LogP contribution >= 0.6 is 0 Å². The topological polar surface area (TPSA) is 117 Å². The maximum absolute atomic E-state index is 12.6. The molecule has 0 atom stereocenters. The molecule has 4 N–H and O–H groups in total. The molecule has 1 aromatic heterocycles. The highest BCUT2D eigenvalue weighted by Gasteiger charge is 2.31. The molecule has 2 aliphatic rings. The van der Waals surface area contributed by atoms with Gasteiger partial charge in [0, 0.05) is 43.9 Å². The maximum atomic E-state index is 12.6. The number of pyridine rings is 1. The quantitative estimate of drug-likeness (QED) is 0.249. The number of ether oxygens (including phenoxy) is 1. The van der Waals surface area contributed by atoms with Crippen LogP contribution in [0.25, 0.3) is 0 Å². The molecular formula is C23H28N6O2. The summed E-state index contributed by atoms with van der Waals surface area (Å²) in [5, 5.41) is 14.1. The molecule has 4 rings (SSSR count). The molecule has 1 amide bonds. The number of benzene rings is 1. The van der Waals surface area contributed by atoms with Gasteiger partial charge in [0.2, 0.25) is 0 Å². The number of likely N-dealkylation sites (tertiary alicyclic amines) is 1. The van der Waals surface area contributed by atoms with E-state index < -0.39 is 0 Å². The number of rotatable bonds is 9. The number of nitrogens with two attached hydrogens (primary N) is 1. The summed E-state index contributed by atoms with van der Waals surface area (Å²) in [5.41, 5.74) is 3.90. The van der Waals surface area contributed by atoms with Gasteiger partial charge in [-0.25, -0.2) is 4.98 Å². The summed E-state index contributed by atoms with van der Waals surface area (Å²) in [6.45, 7) is 2.42. The van der Waals surface area contributed by atoms with E-state index in [9.17, 15) is 4.79 Å². The van der Waals surface area contributed by atoms with Gasteiger partial charge in [-0.1, -0.05) is 24.3 Å². The minimum atomic E-state index is 0.00456. The molecule has 1 aromatic carbocycles. The van der Waals surface area contributed by atoms with Gasteiger partial charge in [-0.05, 0) is 36.1 Å². The molecule has 162 valence electrons. The molecule has 31 heavy (non-hydrogen) atoms. The second-order valence-electron chi connectivity index (χ2n) is 8.12. The second kappa shape index (κ2) is 9.70. The van der Waals surface area contributed by atoms with Crippen molar-refractivity contribution >= 4 is 23.7 Å². The van der Waals surface area contributed by atoms with Crippen molar-refractivity contribution in [2.75, 3.05) is 31.6 Å². The zero-order chi connectivity index (χ0) is 21.6. The molecule has 1 aliphatic heterocycles. The van der Waals surface area contributed by atoms with Crippen LogP contribution in [0.2, 0.25) is 0 Å². The molecule has 1 saturated heterocycles. The Morgan fingerprint density at radius 2 is 2.00 bits per heavy atom. The van der Waals surface area contributed by atoms with Crippen molar-refractivity contribution in [1.82, 2.24) is 9.88 Å². The number of hydrogen-bond acceptors (Lipinski definition) is 7. The Kier molecular flexibility index (Phi) is 6.57. The number of anilines is 1. The first-order valence-electron chi connectivity index (χ1n) is 10.6. The Bertz CT molecular complexity index is 928. The highest BCUT2D eigenvalue weighted by atomic mass is 16.5. The molecule has 0 radical (unpaired) electrons. The van der Waals surface area contributed by atoms with E-state index in [4.69, 9.17) is 16.0 Å². The molecule has 0 bridgehead atoms. The Morgan fingerprint density at radius 1 is 1.26 bits per heavy atom. The number of amides is 1. The van der Waals surface area contributed by atoms with Gasteiger partial charge in [0.05, 0.1) is 24.5 Å². The predicted molar refractivity (Wildman–Crippen MR) is 121 cm³/mol. The van der Waals surface area contributed by atoms with Gasteiger partial charge in [0.15, 0.2) is 0 Å². The second-order valence-corrected chi connectivity index (χ2v) is 8.12. The summed E-state index contributed by atoms with van der Waals surface area (Å²) in [7, 11) is 0. The molecule has 1 aliphatic carbocycles. The smallest absolute Gasteiger partial charge is 0.255 e. The third-order valence-electron chi connectivity index (χ3n) is 5.85. The first-order chi connectivity index (χ1) is 15.2. The normalized spacial score (nSPS) is 16.6. The number of nitrogens with one attached hydrogen (secondary N) is 2. The Labute approximate surface area is 182 Å². The highest BCUT2D eigenvalue weighted by molar-refractivity contribution is 6.29. The number of hydrogen-bond donors (Lipinski definition) is 3. The van der Waals surface area contributed by atoms with Crippen LogP contribution in [-0.2, 0) is 17.6 Å². The molecule has 0 unspecified atom stereocenters. The third kappa shape index (κ3) is 5.08. The number of carbonyl (C=O) groups excluding carboxylic acids is 1. The highest BCUT2D eigenvalue weighted by Crippen LogP contribution is 2.24. The summed E-state index contributed by atoms with van der Waals surface area (Å²) < 4.78 is 5.61. The number of aromatic nitrogens is 1. The zero-order valence-corrected chi connectivity index (χ0v) is 17.5. The van der Waals surface area contributed by atoms with Crippen molar-refractivity contribution in [2.24, 2.45) is 16.9 Å². The van der Waals surface area contributed by atoms with Crippen LogP contribution in [-0.4, -0.2) is 60.1 Å². The Balaban J connectivity index is 1.19. The van der Waals surface area contributed by atoms with Crippen molar-refractivity contribution in [2.45, 2.75) is 25.3 Å². The molecule has 0 saturated carbocycles. The fraction of sp³-hybridized carbons (Fsp3) is 0.391. The van der Waals surface area contributed by atoms with Gasteiger partial charge in [-0.2, -0.15) is 5.10 Å². The predicted octanol–water partition coefficient (Wildman–Crippen LogP) is 2.10. The minimum Gasteiger partial charge on any atom is -0.381 e. The van der Waals surface area contributed by atoms with Crippen molar-refractivity contribution in [3.05, 3.63) is 59.3 Å². The van der Waals surface area contributed by atoms with Crippen LogP contribution in [0.3, 0.4) is 0 Å². The van der Waals surface area contributed by atoms with E-state index in [2.05, 4.69) is 39.7 Å². The SMILES string of the molecule is N=C/C(CCOCC1CN(C(=O)c2ccc(NC3Cc4ccccc4C3)nc2)C1)=N\N. The van der Waals surface area contributed by atoms with Gasteiger partial charge in [0.1, 0.15) is 5.82 Å². The summed E-state index contributed by atoms with van der Waals surface area (Å²) >= 11 is 0. The van der Waals surface area contributed by atoms with Gasteiger partial charge in [0.25, 0.3) is 5.91 Å². The lowest BCUT2D eigenvalue weighted by Gasteiger charge is -2.39. The van der Waals surface area contributed by atoms with E-state index in [1.165, 1.54) is 11.1 Å². The molecular weight excluding hydrogens is 392 g/mol. The summed E-state index contributed by atoms with van der Waals surface area (Å²) in [4.78, 5) is 18.9. The van der Waals surface area contributed by atoms with E-state index in [1.807, 2.05) is 17.0 Å². The lowest BCUT2D eigenvalue weighted by atomic mass is 10.00. The Hall–Kier alpha value is -3.26. The fourth-order valence-electron chi connectivity index (χ4n) is 4.10. The number of carbonyl (C=O) groups is 1. The molecule has 1 fully saturated rings. The van der Waals surface area contributed by atoms with Crippen LogP contribution in [0.5, 0.6) is 0 Å². The largest absolute Gasteiger partial charge is 0.381 e. The van der Waals surface area contributed by atoms with Gasteiger partial charge >= 0.3 is 0 Å². The average molecular weight is 421 g/mol. The maximum Gasteiger partial charge on any atom is 0.255 e. The molecule has 8 nitrogen and oxygen atoms in total. The van der Waals surface area contributed by atoms with Crippen LogP contribution in [0.15, 0.2) is 47.7 Å². The molecule has 2 aromatic rings. The van der Waals surface area contributed by atoms with Crippen LogP contribution in [0.1, 0.15) is 27.9 Å². The minimum absolute atomic E-state index is 0.00456. The average Bonchev–Trinajstić information content (AvgIpc) is 3.17. The summed E-state index contributed by atoms with van der Waals surface area (Å²) in [6.07, 6.45) is 5.31. The zero-order valence-electron chi connectivity index (χ0n) is 17.5. The standard InChI is InChI=1S/C23H28N6O2/c24-11-20(28-25)7-8-31-15-16-13-29(14-16)23(30)19-5-6-22(26-12-19)27-21-9-17-3-1-2-4-18(17)10-21/h1-6,11-12,16,21,24H,7-10,13-15,25H2,(H,26,27)/b24-11?,28-20-. The van der Waals surface area contributed by atoms with E-state index in [0.29, 0.717) is 56.0 Å². The van der Waals surface area contributed by atoms with Gasteiger partial charge in [-0.15, -0.1) is 0 Å². The van der Waals surface area contributed by atoms with Crippen LogP contribution in [0, 0.1) is 11.3 Å². The molecule has 0 spiro atoms. The number of nitrogens with zero attached hydrogens (tertiary/aromatic N) is 3. The van der Waals surface area contributed by atoms with Gasteiger partial charge in [-0.3, -0.25) is 4.79 Å². The summed E-state index contributed by atoms with van der Waals surface area (Å²) in [6, 6.07) is 12.6. The number of hydrazone groups is 1. The van der Waals surface area contributed by atoms with E-state index in [0.717, 1.165) is 24.9 Å². The first-order valence-corrected chi connectivity index (χ1v) is 10.6. The van der Waals surface area contributed by atoms with E-state index in [1.54, 1.807) is 6.20 Å². The third-order valence-corrected chi connectivity index (χ3v) is 5.85. The van der Waals surface area contributed by atoms with Crippen molar-refractivity contribution in [3.8, 4) is 0 Å². The monoisotopic (exact) mass is 420 g/mol. The Morgan fingerprint density at radius 3 is 2.61 bits per heavy atom. The van der Waals surface area contributed by atoms with Crippen molar-refractivity contribution in [3.63, 3.8) is 0 Å². The first kappa shape index (κ1) is 21.0. The lowest BCUT2D eigenvalue weighted by Crippen LogP contribution is -2.51.